The SMILES string of the molecule is CC(=O)c1cc(OCC2CC2)cc(C(C)(C)C)c1. The van der Waals surface area contributed by atoms with Crippen LogP contribution in [0, 0.1) is 5.92 Å². The Labute approximate surface area is 109 Å². The van der Waals surface area contributed by atoms with Crippen LogP contribution >= 0.6 is 0 Å². The van der Waals surface area contributed by atoms with Crippen LogP contribution in [0.3, 0.4) is 0 Å². The van der Waals surface area contributed by atoms with Crippen LogP contribution in [-0.4, -0.2) is 12.4 Å². The number of benzene rings is 1. The molecule has 0 saturated heterocycles. The van der Waals surface area contributed by atoms with E-state index in [1.807, 2.05) is 12.1 Å². The van der Waals surface area contributed by atoms with Gasteiger partial charge >= 0.3 is 0 Å². The van der Waals surface area contributed by atoms with Crippen LogP contribution in [0.4, 0.5) is 0 Å². The average Bonchev–Trinajstić information content (AvgIpc) is 3.08. The second kappa shape index (κ2) is 4.75. The highest BCUT2D eigenvalue weighted by molar-refractivity contribution is 5.94. The van der Waals surface area contributed by atoms with Crippen molar-refractivity contribution in [3.8, 4) is 5.75 Å². The van der Waals surface area contributed by atoms with Crippen molar-refractivity contribution in [3.05, 3.63) is 29.3 Å². The first-order chi connectivity index (χ1) is 8.36. The molecule has 1 aliphatic carbocycles. The van der Waals surface area contributed by atoms with E-state index in [1.165, 1.54) is 12.8 Å². The third-order valence-corrected chi connectivity index (χ3v) is 3.36. The first kappa shape index (κ1) is 13.1. The predicted molar refractivity (Wildman–Crippen MR) is 73.4 cm³/mol. The van der Waals surface area contributed by atoms with Crippen molar-refractivity contribution in [2.24, 2.45) is 5.92 Å². The molecular weight excluding hydrogens is 224 g/mol. The summed E-state index contributed by atoms with van der Waals surface area (Å²) in [4.78, 5) is 11.6. The van der Waals surface area contributed by atoms with E-state index in [1.54, 1.807) is 6.92 Å². The van der Waals surface area contributed by atoms with Gasteiger partial charge in [-0.05, 0) is 54.9 Å². The Morgan fingerprint density at radius 1 is 1.28 bits per heavy atom. The fourth-order valence-corrected chi connectivity index (χ4v) is 1.82. The van der Waals surface area contributed by atoms with Gasteiger partial charge in [-0.15, -0.1) is 0 Å². The molecule has 0 bridgehead atoms. The lowest BCUT2D eigenvalue weighted by Crippen LogP contribution is -2.13. The smallest absolute Gasteiger partial charge is 0.159 e. The first-order valence-corrected chi connectivity index (χ1v) is 6.65. The maximum atomic E-state index is 11.6. The average molecular weight is 246 g/mol. The molecule has 0 radical (unpaired) electrons. The van der Waals surface area contributed by atoms with Gasteiger partial charge in [-0.2, -0.15) is 0 Å². The van der Waals surface area contributed by atoms with Crippen LogP contribution in [0.15, 0.2) is 18.2 Å². The summed E-state index contributed by atoms with van der Waals surface area (Å²) >= 11 is 0. The van der Waals surface area contributed by atoms with Gasteiger partial charge in [0.25, 0.3) is 0 Å². The Morgan fingerprint density at radius 2 is 1.94 bits per heavy atom. The highest BCUT2D eigenvalue weighted by atomic mass is 16.5. The Balaban J connectivity index is 2.26. The lowest BCUT2D eigenvalue weighted by Gasteiger charge is -2.21. The molecule has 1 aromatic carbocycles. The van der Waals surface area contributed by atoms with E-state index in [0.717, 1.165) is 29.4 Å². The van der Waals surface area contributed by atoms with Gasteiger partial charge in [0.15, 0.2) is 5.78 Å². The zero-order valence-electron chi connectivity index (χ0n) is 11.7. The highest BCUT2D eigenvalue weighted by Gasteiger charge is 2.23. The van der Waals surface area contributed by atoms with E-state index in [-0.39, 0.29) is 11.2 Å². The molecule has 1 aromatic rings. The van der Waals surface area contributed by atoms with E-state index in [9.17, 15) is 4.79 Å². The number of carbonyl (C=O) groups excluding carboxylic acids is 1. The van der Waals surface area contributed by atoms with Crippen molar-refractivity contribution in [2.75, 3.05) is 6.61 Å². The zero-order valence-corrected chi connectivity index (χ0v) is 11.7. The van der Waals surface area contributed by atoms with Crippen molar-refractivity contribution in [1.29, 1.82) is 0 Å². The molecule has 2 rings (SSSR count). The fraction of sp³-hybridized carbons (Fsp3) is 0.562. The van der Waals surface area contributed by atoms with Crippen LogP contribution in [-0.2, 0) is 5.41 Å². The standard InChI is InChI=1S/C16H22O2/c1-11(17)13-7-14(16(2,3)4)9-15(8-13)18-10-12-5-6-12/h7-9,12H,5-6,10H2,1-4H3. The fourth-order valence-electron chi connectivity index (χ4n) is 1.82. The van der Waals surface area contributed by atoms with E-state index in [2.05, 4.69) is 26.8 Å². The summed E-state index contributed by atoms with van der Waals surface area (Å²) in [6.45, 7) is 8.84. The van der Waals surface area contributed by atoms with Gasteiger partial charge in [-0.1, -0.05) is 20.8 Å². The summed E-state index contributed by atoms with van der Waals surface area (Å²) in [6, 6.07) is 5.90. The zero-order chi connectivity index (χ0) is 13.3. The summed E-state index contributed by atoms with van der Waals surface area (Å²) in [5.41, 5.74) is 1.93. The van der Waals surface area contributed by atoms with Gasteiger partial charge in [-0.25, -0.2) is 0 Å². The minimum Gasteiger partial charge on any atom is -0.493 e. The molecule has 0 spiro atoms. The number of rotatable bonds is 4. The van der Waals surface area contributed by atoms with Crippen molar-refractivity contribution >= 4 is 5.78 Å². The van der Waals surface area contributed by atoms with Crippen molar-refractivity contribution in [2.45, 2.75) is 46.0 Å². The van der Waals surface area contributed by atoms with Gasteiger partial charge in [0.05, 0.1) is 6.61 Å². The predicted octanol–water partition coefficient (Wildman–Crippen LogP) is 3.98. The monoisotopic (exact) mass is 246 g/mol. The van der Waals surface area contributed by atoms with Gasteiger partial charge in [-0.3, -0.25) is 4.79 Å². The van der Waals surface area contributed by atoms with Crippen molar-refractivity contribution < 1.29 is 9.53 Å². The normalized spacial score (nSPS) is 15.6. The maximum Gasteiger partial charge on any atom is 0.159 e. The second-order valence-corrected chi connectivity index (χ2v) is 6.31. The number of hydrogen-bond acceptors (Lipinski definition) is 2. The molecule has 1 aliphatic rings. The minimum absolute atomic E-state index is 0.0309. The van der Waals surface area contributed by atoms with Gasteiger partial charge < -0.3 is 4.74 Å². The molecule has 0 aliphatic heterocycles. The molecule has 18 heavy (non-hydrogen) atoms. The van der Waals surface area contributed by atoms with E-state index < -0.39 is 0 Å². The molecule has 1 fully saturated rings. The van der Waals surface area contributed by atoms with E-state index in [4.69, 9.17) is 4.74 Å². The topological polar surface area (TPSA) is 26.3 Å². The third-order valence-electron chi connectivity index (χ3n) is 3.36. The summed E-state index contributed by atoms with van der Waals surface area (Å²) in [5.74, 6) is 1.65. The molecule has 0 amide bonds. The molecule has 2 heteroatoms. The molecule has 2 nitrogen and oxygen atoms in total. The summed E-state index contributed by atoms with van der Waals surface area (Å²) in [7, 11) is 0. The Hall–Kier alpha value is -1.31. The van der Waals surface area contributed by atoms with Gasteiger partial charge in [0.1, 0.15) is 5.75 Å². The van der Waals surface area contributed by atoms with E-state index in [0.29, 0.717) is 0 Å². The van der Waals surface area contributed by atoms with E-state index >= 15 is 0 Å². The lowest BCUT2D eigenvalue weighted by molar-refractivity contribution is 0.101. The number of ether oxygens (including phenoxy) is 1. The minimum atomic E-state index is 0.0309. The summed E-state index contributed by atoms with van der Waals surface area (Å²) in [5, 5.41) is 0. The number of carbonyl (C=O) groups is 1. The molecule has 98 valence electrons. The quantitative estimate of drug-likeness (QED) is 0.751. The number of ketones is 1. The molecule has 0 aromatic heterocycles. The molecule has 0 heterocycles. The van der Waals surface area contributed by atoms with Crippen LogP contribution in [0.25, 0.3) is 0 Å². The van der Waals surface area contributed by atoms with Crippen LogP contribution in [0.2, 0.25) is 0 Å². The van der Waals surface area contributed by atoms with Crippen LogP contribution < -0.4 is 4.74 Å². The maximum absolute atomic E-state index is 11.6. The molecular formula is C16H22O2. The van der Waals surface area contributed by atoms with Crippen LogP contribution in [0.5, 0.6) is 5.75 Å². The highest BCUT2D eigenvalue weighted by Crippen LogP contribution is 2.31. The summed E-state index contributed by atoms with van der Waals surface area (Å²) in [6.07, 6.45) is 2.55. The Kier molecular flexibility index (Phi) is 3.47. The Bertz CT molecular complexity index is 451. The largest absolute Gasteiger partial charge is 0.493 e. The molecule has 1 saturated carbocycles. The van der Waals surface area contributed by atoms with Gasteiger partial charge in [0, 0.05) is 5.56 Å². The number of Topliss-reactive ketones (excluding diaryl/α,β-unsaturated/α-hetero) is 1. The molecule has 0 N–H and O–H groups in total. The number of hydrogen-bond donors (Lipinski definition) is 0. The third kappa shape index (κ3) is 3.34. The van der Waals surface area contributed by atoms with Gasteiger partial charge in [0.2, 0.25) is 0 Å². The summed E-state index contributed by atoms with van der Waals surface area (Å²) < 4.78 is 5.80. The molecule has 0 atom stereocenters. The van der Waals surface area contributed by atoms with Crippen molar-refractivity contribution in [3.63, 3.8) is 0 Å². The Morgan fingerprint density at radius 3 is 2.44 bits per heavy atom. The van der Waals surface area contributed by atoms with Crippen LogP contribution in [0.1, 0.15) is 56.5 Å². The first-order valence-electron chi connectivity index (χ1n) is 6.65. The lowest BCUT2D eigenvalue weighted by atomic mass is 9.85. The van der Waals surface area contributed by atoms with Crippen molar-refractivity contribution in [1.82, 2.24) is 0 Å². The molecule has 0 unspecified atom stereocenters. The second-order valence-electron chi connectivity index (χ2n) is 6.31.